The smallest absolute Gasteiger partial charge is 0.240 e. The number of sulfonamides is 1. The normalized spacial score (nSPS) is 13.5. The van der Waals surface area contributed by atoms with E-state index in [0.717, 1.165) is 11.1 Å². The van der Waals surface area contributed by atoms with Crippen molar-refractivity contribution in [2.75, 3.05) is 12.3 Å². The topological polar surface area (TPSA) is 92.4 Å². The lowest BCUT2D eigenvalue weighted by Crippen LogP contribution is -2.35. The van der Waals surface area contributed by atoms with E-state index < -0.39 is 10.0 Å². The average Bonchev–Trinajstić information content (AvgIpc) is 2.34. The molecule has 0 fully saturated rings. The summed E-state index contributed by atoms with van der Waals surface area (Å²) >= 11 is 0. The van der Waals surface area contributed by atoms with Gasteiger partial charge < -0.3 is 10.8 Å². The molecule has 19 heavy (non-hydrogen) atoms. The van der Waals surface area contributed by atoms with E-state index in [-0.39, 0.29) is 17.5 Å². The number of rotatable bonds is 6. The van der Waals surface area contributed by atoms with Gasteiger partial charge in [-0.15, -0.1) is 0 Å². The van der Waals surface area contributed by atoms with Crippen molar-refractivity contribution in [2.24, 2.45) is 0 Å². The molecule has 1 aromatic carbocycles. The number of aliphatic hydroxyl groups excluding tert-OH is 1. The van der Waals surface area contributed by atoms with Crippen LogP contribution in [0.15, 0.2) is 17.0 Å². The highest BCUT2D eigenvalue weighted by atomic mass is 32.2. The van der Waals surface area contributed by atoms with Gasteiger partial charge in [-0.05, 0) is 49.9 Å². The highest BCUT2D eigenvalue weighted by molar-refractivity contribution is 7.89. The highest BCUT2D eigenvalue weighted by Gasteiger charge is 2.20. The van der Waals surface area contributed by atoms with Crippen LogP contribution in [0.4, 0.5) is 5.69 Å². The molecule has 1 atom stereocenters. The van der Waals surface area contributed by atoms with Crippen molar-refractivity contribution in [3.05, 3.63) is 23.3 Å². The Balaban J connectivity index is 3.07. The van der Waals surface area contributed by atoms with Crippen molar-refractivity contribution in [3.63, 3.8) is 0 Å². The maximum atomic E-state index is 12.2. The summed E-state index contributed by atoms with van der Waals surface area (Å²) in [6.07, 6.45) is 1.02. The van der Waals surface area contributed by atoms with Gasteiger partial charge in [-0.25, -0.2) is 13.1 Å². The monoisotopic (exact) mass is 286 g/mol. The molecule has 0 aliphatic heterocycles. The van der Waals surface area contributed by atoms with Gasteiger partial charge in [0.15, 0.2) is 0 Å². The van der Waals surface area contributed by atoms with Gasteiger partial charge in [0.05, 0.1) is 4.90 Å². The number of nitrogens with two attached hydrogens (primary N) is 1. The number of aryl methyl sites for hydroxylation is 1. The molecular formula is C13H22N2O3S. The number of hydrogen-bond acceptors (Lipinski definition) is 4. The number of anilines is 1. The van der Waals surface area contributed by atoms with Gasteiger partial charge in [0.2, 0.25) is 10.0 Å². The van der Waals surface area contributed by atoms with Crippen LogP contribution in [-0.4, -0.2) is 26.2 Å². The number of benzene rings is 1. The van der Waals surface area contributed by atoms with Crippen molar-refractivity contribution in [1.82, 2.24) is 4.72 Å². The molecule has 6 heteroatoms. The first-order valence-corrected chi connectivity index (χ1v) is 7.80. The number of nitrogen functional groups attached to an aromatic ring is 1. The number of hydrogen-bond donors (Lipinski definition) is 3. The van der Waals surface area contributed by atoms with Gasteiger partial charge in [-0.3, -0.25) is 0 Å². The molecule has 0 saturated heterocycles. The fourth-order valence-electron chi connectivity index (χ4n) is 1.80. The van der Waals surface area contributed by atoms with Crippen molar-refractivity contribution in [3.8, 4) is 0 Å². The van der Waals surface area contributed by atoms with Gasteiger partial charge in [0, 0.05) is 18.3 Å². The molecule has 0 saturated carbocycles. The molecule has 0 amide bonds. The fraction of sp³-hybridized carbons (Fsp3) is 0.538. The molecule has 0 radical (unpaired) electrons. The minimum atomic E-state index is -3.60. The van der Waals surface area contributed by atoms with Crippen molar-refractivity contribution in [1.29, 1.82) is 0 Å². The Morgan fingerprint density at radius 2 is 2.00 bits per heavy atom. The Hall–Kier alpha value is -1.11. The molecule has 4 N–H and O–H groups in total. The molecule has 0 aliphatic rings. The minimum absolute atomic E-state index is 0.0455. The predicted octanol–water partition coefficient (Wildman–Crippen LogP) is 1.32. The lowest BCUT2D eigenvalue weighted by Gasteiger charge is -2.17. The summed E-state index contributed by atoms with van der Waals surface area (Å²) in [4.78, 5) is 0.171. The van der Waals surface area contributed by atoms with Crippen molar-refractivity contribution in [2.45, 2.75) is 44.6 Å². The number of aliphatic hydroxyl groups is 1. The van der Waals surface area contributed by atoms with Gasteiger partial charge in [-0.2, -0.15) is 0 Å². The van der Waals surface area contributed by atoms with Crippen LogP contribution in [0.5, 0.6) is 0 Å². The van der Waals surface area contributed by atoms with Crippen LogP contribution < -0.4 is 10.5 Å². The third-order valence-electron chi connectivity index (χ3n) is 3.28. The Morgan fingerprint density at radius 3 is 2.47 bits per heavy atom. The molecule has 1 aromatic rings. The summed E-state index contributed by atoms with van der Waals surface area (Å²) in [5, 5.41) is 8.90. The van der Waals surface area contributed by atoms with Gasteiger partial charge in [0.25, 0.3) is 0 Å². The van der Waals surface area contributed by atoms with E-state index in [4.69, 9.17) is 10.8 Å². The second kappa shape index (κ2) is 6.36. The maximum absolute atomic E-state index is 12.2. The lowest BCUT2D eigenvalue weighted by molar-refractivity contribution is 0.270. The van der Waals surface area contributed by atoms with E-state index in [9.17, 15) is 8.42 Å². The third kappa shape index (κ3) is 3.92. The summed E-state index contributed by atoms with van der Waals surface area (Å²) in [5.41, 5.74) is 8.01. The van der Waals surface area contributed by atoms with E-state index >= 15 is 0 Å². The summed E-state index contributed by atoms with van der Waals surface area (Å²) < 4.78 is 27.1. The average molecular weight is 286 g/mol. The zero-order valence-corrected chi connectivity index (χ0v) is 12.4. The largest absolute Gasteiger partial charge is 0.398 e. The van der Waals surface area contributed by atoms with Crippen LogP contribution in [0, 0.1) is 13.8 Å². The highest BCUT2D eigenvalue weighted by Crippen LogP contribution is 2.21. The summed E-state index contributed by atoms with van der Waals surface area (Å²) in [6.45, 7) is 5.51. The van der Waals surface area contributed by atoms with Crippen LogP contribution in [0.2, 0.25) is 0 Å². The molecule has 0 bridgehead atoms. The van der Waals surface area contributed by atoms with Gasteiger partial charge in [-0.1, -0.05) is 6.92 Å². The first kappa shape index (κ1) is 15.9. The molecule has 0 spiro atoms. The molecule has 1 unspecified atom stereocenters. The Labute approximate surface area is 114 Å². The molecule has 0 heterocycles. The van der Waals surface area contributed by atoms with Crippen LogP contribution in [0.3, 0.4) is 0 Å². The molecule has 108 valence electrons. The summed E-state index contributed by atoms with van der Waals surface area (Å²) in [5.74, 6) is 0. The van der Waals surface area contributed by atoms with Crippen LogP contribution >= 0.6 is 0 Å². The van der Waals surface area contributed by atoms with E-state index in [1.807, 2.05) is 20.8 Å². The Morgan fingerprint density at radius 1 is 1.37 bits per heavy atom. The zero-order chi connectivity index (χ0) is 14.6. The van der Waals surface area contributed by atoms with Crippen molar-refractivity contribution < 1.29 is 13.5 Å². The molecule has 0 aliphatic carbocycles. The van der Waals surface area contributed by atoms with E-state index in [2.05, 4.69) is 4.72 Å². The van der Waals surface area contributed by atoms with Gasteiger partial charge in [0.1, 0.15) is 0 Å². The van der Waals surface area contributed by atoms with Crippen molar-refractivity contribution >= 4 is 15.7 Å². The Bertz CT molecular complexity index is 518. The summed E-state index contributed by atoms with van der Waals surface area (Å²) in [7, 11) is -3.60. The van der Waals surface area contributed by atoms with E-state index in [1.165, 1.54) is 6.07 Å². The lowest BCUT2D eigenvalue weighted by atomic mass is 10.1. The second-order valence-corrected chi connectivity index (χ2v) is 6.41. The molecule has 5 nitrogen and oxygen atoms in total. The quantitative estimate of drug-likeness (QED) is 0.688. The molecule has 0 aromatic heterocycles. The SMILES string of the molecule is CCC(CCO)NS(=O)(=O)c1cc(C)c(C)c(N)c1. The zero-order valence-electron chi connectivity index (χ0n) is 11.6. The van der Waals surface area contributed by atoms with Gasteiger partial charge >= 0.3 is 0 Å². The maximum Gasteiger partial charge on any atom is 0.240 e. The third-order valence-corrected chi connectivity index (χ3v) is 4.78. The van der Waals surface area contributed by atoms with E-state index in [1.54, 1.807) is 6.07 Å². The minimum Gasteiger partial charge on any atom is -0.398 e. The van der Waals surface area contributed by atoms with Crippen LogP contribution in [0.25, 0.3) is 0 Å². The molecule has 1 rings (SSSR count). The molecular weight excluding hydrogens is 264 g/mol. The predicted molar refractivity (Wildman–Crippen MR) is 76.4 cm³/mol. The fourth-order valence-corrected chi connectivity index (χ4v) is 3.27. The Kier molecular flexibility index (Phi) is 5.34. The van der Waals surface area contributed by atoms with Crippen LogP contribution in [-0.2, 0) is 10.0 Å². The van der Waals surface area contributed by atoms with Crippen LogP contribution in [0.1, 0.15) is 30.9 Å². The standard InChI is InChI=1S/C13H22N2O3S/c1-4-11(5-6-16)15-19(17,18)12-7-9(2)10(3)13(14)8-12/h7-8,11,15-16H,4-6,14H2,1-3H3. The number of nitrogens with one attached hydrogen (secondary N) is 1. The second-order valence-electron chi connectivity index (χ2n) is 4.69. The first-order chi connectivity index (χ1) is 8.81. The summed E-state index contributed by atoms with van der Waals surface area (Å²) in [6, 6.07) is 2.81. The first-order valence-electron chi connectivity index (χ1n) is 6.31. The van der Waals surface area contributed by atoms with E-state index in [0.29, 0.717) is 18.5 Å².